The molecule has 3 heterocycles. The molecule has 0 amide bonds. The van der Waals surface area contributed by atoms with E-state index in [9.17, 15) is 43.4 Å². The molecule has 0 aromatic carbocycles. The quantitative estimate of drug-likeness (QED) is 0.125. The summed E-state index contributed by atoms with van der Waals surface area (Å²) in [7, 11) is -10.9. The number of aryl methyl sites for hydroxylation is 1. The predicted molar refractivity (Wildman–Crippen MR) is 175 cm³/mol. The molecule has 0 spiro atoms. The smallest absolute Gasteiger partial charge is 0.432 e. The van der Waals surface area contributed by atoms with E-state index >= 15 is 0 Å². The molecule has 4 rings (SSSR count). The monoisotopic (exact) mass is 797 g/mol. The van der Waals surface area contributed by atoms with Crippen molar-refractivity contribution in [1.29, 1.82) is 0 Å². The summed E-state index contributed by atoms with van der Waals surface area (Å²) in [6, 6.07) is 1.02. The Kier molecular flexibility index (Phi) is 14.0. The lowest BCUT2D eigenvalue weighted by atomic mass is 10.0. The fourth-order valence-electron chi connectivity index (χ4n) is 4.88. The highest BCUT2D eigenvalue weighted by atomic mass is 31.3. The van der Waals surface area contributed by atoms with Gasteiger partial charge in [0.25, 0.3) is 5.56 Å². The standard InChI is InChI=1S/C29H41N3O19P2/c1-15(2)43-28(37)45-17(5)49-53(41,50-18(6)46-29(38)44-16(3)4)51-52(39,40)42-14-22-24(34)25(35)26(47-22)31-12-11-23(33)32(27(31)36)13-20-19-9-7-8-10-21(19)48-30-20/h7,9,11-12,15-18,22,24-26,34-35H,8,10,13-14H2,1-6H3,(H,39,40)/t17?,18?,22-,24+,25+,26-,53?/m1/s1. The average molecular weight is 798 g/mol. The number of aliphatic hydroxyl groups is 2. The van der Waals surface area contributed by atoms with Crippen LogP contribution in [0.4, 0.5) is 9.59 Å². The summed E-state index contributed by atoms with van der Waals surface area (Å²) in [6.07, 6.45) is -8.38. The number of phosphoric ester groups is 2. The molecule has 3 unspecified atom stereocenters. The normalized spacial score (nSPS) is 23.2. The van der Waals surface area contributed by atoms with Crippen molar-refractivity contribution >= 4 is 34.0 Å². The Bertz CT molecular complexity index is 1820. The van der Waals surface area contributed by atoms with Gasteiger partial charge in [-0.05, 0) is 48.0 Å². The molecule has 1 aliphatic carbocycles. The molecule has 1 fully saturated rings. The van der Waals surface area contributed by atoms with Crippen LogP contribution in [0.3, 0.4) is 0 Å². The minimum absolute atomic E-state index is 0.292. The largest absolute Gasteiger partial charge is 0.510 e. The zero-order valence-corrected chi connectivity index (χ0v) is 31.2. The van der Waals surface area contributed by atoms with Crippen LogP contribution in [0.1, 0.15) is 71.2 Å². The fraction of sp³-hybridized carbons (Fsp3) is 0.621. The van der Waals surface area contributed by atoms with Gasteiger partial charge in [0.1, 0.15) is 29.8 Å². The van der Waals surface area contributed by atoms with Crippen LogP contribution in [-0.2, 0) is 63.7 Å². The van der Waals surface area contributed by atoms with Gasteiger partial charge in [-0.2, -0.15) is 4.31 Å². The molecule has 1 saturated heterocycles. The van der Waals surface area contributed by atoms with Crippen molar-refractivity contribution in [1.82, 2.24) is 14.3 Å². The summed E-state index contributed by atoms with van der Waals surface area (Å²) in [6.45, 7) is 6.74. The van der Waals surface area contributed by atoms with Gasteiger partial charge in [0.2, 0.25) is 12.6 Å². The van der Waals surface area contributed by atoms with Crippen LogP contribution in [0.25, 0.3) is 6.08 Å². The summed E-state index contributed by atoms with van der Waals surface area (Å²) in [5, 5.41) is 25.4. The lowest BCUT2D eigenvalue weighted by Gasteiger charge is -2.25. The van der Waals surface area contributed by atoms with E-state index in [4.69, 9.17) is 41.8 Å². The minimum atomic E-state index is -5.56. The summed E-state index contributed by atoms with van der Waals surface area (Å²) >= 11 is 0. The number of carbonyl (C=O) groups excluding carboxylic acids is 2. The highest BCUT2D eigenvalue weighted by Gasteiger charge is 2.47. The van der Waals surface area contributed by atoms with E-state index in [0.29, 0.717) is 23.4 Å². The second kappa shape index (κ2) is 17.6. The van der Waals surface area contributed by atoms with E-state index < -0.39 is 95.1 Å². The first-order valence-electron chi connectivity index (χ1n) is 16.1. The third kappa shape index (κ3) is 11.4. The number of phosphoric acid groups is 2. The Morgan fingerprint density at radius 3 is 2.15 bits per heavy atom. The predicted octanol–water partition coefficient (Wildman–Crippen LogP) is 2.72. The number of allylic oxidation sites excluding steroid dienone is 1. The highest BCUT2D eigenvalue weighted by molar-refractivity contribution is 7.61. The number of hydrogen-bond acceptors (Lipinski definition) is 19. The highest BCUT2D eigenvalue weighted by Crippen LogP contribution is 2.64. The zero-order valence-electron chi connectivity index (χ0n) is 29.4. The summed E-state index contributed by atoms with van der Waals surface area (Å²) in [5.74, 6) is 0.593. The van der Waals surface area contributed by atoms with E-state index in [1.54, 1.807) is 6.08 Å². The minimum Gasteiger partial charge on any atom is -0.432 e. The van der Waals surface area contributed by atoms with Gasteiger partial charge in [-0.15, -0.1) is 0 Å². The van der Waals surface area contributed by atoms with Gasteiger partial charge in [0, 0.05) is 24.2 Å². The van der Waals surface area contributed by atoms with Crippen LogP contribution in [-0.4, -0.2) is 91.4 Å². The number of ether oxygens (including phenoxy) is 5. The van der Waals surface area contributed by atoms with Crippen molar-refractivity contribution in [2.24, 2.45) is 0 Å². The lowest BCUT2D eigenvalue weighted by molar-refractivity contribution is -0.101. The number of nitrogens with zero attached hydrogens (tertiary/aromatic N) is 3. The van der Waals surface area contributed by atoms with E-state index in [0.717, 1.165) is 41.7 Å². The number of rotatable bonds is 16. The molecule has 0 bridgehead atoms. The van der Waals surface area contributed by atoms with Crippen LogP contribution in [0, 0.1) is 0 Å². The molecule has 1 aliphatic heterocycles. The van der Waals surface area contributed by atoms with Crippen LogP contribution >= 0.6 is 15.6 Å². The molecular formula is C29H41N3O19P2. The number of fused-ring (bicyclic) bond motifs is 1. The SMILES string of the molecule is CC(C)OC(=O)OC(C)OP(=O)(OC(C)OC(=O)OC(C)C)OP(=O)(O)OC[C@H]1O[C@@H](n2ccc(=O)n(Cc3noc4c3C=CCC4)c2=O)[C@@H](O)[C@H]1O. The van der Waals surface area contributed by atoms with Crippen LogP contribution in [0.2, 0.25) is 0 Å². The van der Waals surface area contributed by atoms with E-state index in [1.165, 1.54) is 27.7 Å². The van der Waals surface area contributed by atoms with Crippen molar-refractivity contribution in [3.05, 3.63) is 56.2 Å². The second-order valence-electron chi connectivity index (χ2n) is 12.1. The van der Waals surface area contributed by atoms with Gasteiger partial charge >= 0.3 is 33.6 Å². The Hall–Kier alpha value is -3.69. The van der Waals surface area contributed by atoms with Crippen molar-refractivity contribution in [2.45, 2.75) is 110 Å². The summed E-state index contributed by atoms with van der Waals surface area (Å²) < 4.78 is 77.8. The van der Waals surface area contributed by atoms with Gasteiger partial charge < -0.3 is 43.3 Å². The molecule has 0 saturated carbocycles. The van der Waals surface area contributed by atoms with Crippen LogP contribution < -0.4 is 11.2 Å². The van der Waals surface area contributed by atoms with Gasteiger partial charge in [0.05, 0.1) is 25.4 Å². The third-order valence-electron chi connectivity index (χ3n) is 7.06. The molecule has 53 heavy (non-hydrogen) atoms. The van der Waals surface area contributed by atoms with Crippen LogP contribution in [0.15, 0.2) is 32.5 Å². The van der Waals surface area contributed by atoms with Gasteiger partial charge in [0.15, 0.2) is 6.23 Å². The molecule has 296 valence electrons. The maximum Gasteiger partial charge on any atom is 0.510 e. The molecule has 2 aliphatic rings. The number of aliphatic hydroxyl groups excluding tert-OH is 2. The van der Waals surface area contributed by atoms with E-state index in [1.807, 2.05) is 6.08 Å². The van der Waals surface area contributed by atoms with E-state index in [2.05, 4.69) is 9.47 Å². The first-order chi connectivity index (χ1) is 24.8. The molecule has 0 radical (unpaired) electrons. The first-order valence-corrected chi connectivity index (χ1v) is 19.1. The fourth-order valence-corrected chi connectivity index (χ4v) is 7.59. The van der Waals surface area contributed by atoms with Gasteiger partial charge in [-0.1, -0.05) is 17.3 Å². The second-order valence-corrected chi connectivity index (χ2v) is 15.3. The molecule has 2 aromatic rings. The van der Waals surface area contributed by atoms with Gasteiger partial charge in [-0.3, -0.25) is 18.5 Å². The summed E-state index contributed by atoms with van der Waals surface area (Å²) in [5.41, 5.74) is -0.731. The Labute approximate surface area is 301 Å². The molecule has 22 nitrogen and oxygen atoms in total. The van der Waals surface area contributed by atoms with Gasteiger partial charge in [-0.25, -0.2) is 32.6 Å². The topological polar surface area (TPSA) is 282 Å². The molecule has 3 N–H and O–H groups in total. The molecule has 2 aromatic heterocycles. The van der Waals surface area contributed by atoms with Crippen LogP contribution in [0.5, 0.6) is 0 Å². The Morgan fingerprint density at radius 1 is 0.962 bits per heavy atom. The number of aromatic nitrogens is 3. The third-order valence-corrected chi connectivity index (χ3v) is 10.3. The van der Waals surface area contributed by atoms with Crippen molar-refractivity contribution < 1.29 is 79.9 Å². The van der Waals surface area contributed by atoms with Crippen molar-refractivity contribution in [2.75, 3.05) is 6.61 Å². The molecule has 24 heteroatoms. The lowest BCUT2D eigenvalue weighted by Crippen LogP contribution is -2.43. The Morgan fingerprint density at radius 2 is 1.57 bits per heavy atom. The van der Waals surface area contributed by atoms with E-state index in [-0.39, 0.29) is 6.54 Å². The average Bonchev–Trinajstić information content (AvgIpc) is 3.56. The van der Waals surface area contributed by atoms with Crippen molar-refractivity contribution in [3.8, 4) is 0 Å². The maximum absolute atomic E-state index is 13.6. The number of hydrogen-bond donors (Lipinski definition) is 3. The Balaban J connectivity index is 1.46. The molecule has 7 atom stereocenters. The summed E-state index contributed by atoms with van der Waals surface area (Å²) in [4.78, 5) is 60.4. The molecular weight excluding hydrogens is 756 g/mol. The maximum atomic E-state index is 13.6. The van der Waals surface area contributed by atoms with Crippen molar-refractivity contribution in [3.63, 3.8) is 0 Å². The number of carbonyl (C=O) groups is 2. The zero-order chi connectivity index (χ0) is 39.2. The first kappa shape index (κ1) is 42.1.